The highest BCUT2D eigenvalue weighted by molar-refractivity contribution is 7.86. The van der Waals surface area contributed by atoms with Gasteiger partial charge in [0.2, 0.25) is 0 Å². The summed E-state index contributed by atoms with van der Waals surface area (Å²) in [5, 5.41) is 7.83. The van der Waals surface area contributed by atoms with Crippen molar-refractivity contribution < 1.29 is 13.2 Å². The number of hydrogen-bond acceptors (Lipinski definition) is 3. The van der Waals surface area contributed by atoms with Crippen LogP contribution in [0, 0.1) is 6.92 Å². The summed E-state index contributed by atoms with van der Waals surface area (Å²) in [7, 11) is -3.66. The van der Waals surface area contributed by atoms with Gasteiger partial charge in [0.25, 0.3) is 10.2 Å². The van der Waals surface area contributed by atoms with Crippen molar-refractivity contribution in [3.8, 4) is 0 Å². The quantitative estimate of drug-likeness (QED) is 0.824. The Morgan fingerprint density at radius 3 is 2.20 bits per heavy atom. The highest BCUT2D eigenvalue weighted by Crippen LogP contribution is 2.11. The van der Waals surface area contributed by atoms with E-state index in [1.54, 1.807) is 4.90 Å². The summed E-state index contributed by atoms with van der Waals surface area (Å²) in [6, 6.07) is 7.24. The average molecular weight is 298 g/mol. The zero-order valence-electron chi connectivity index (χ0n) is 11.2. The van der Waals surface area contributed by atoms with Crippen LogP contribution in [0.25, 0.3) is 0 Å². The van der Waals surface area contributed by atoms with Crippen molar-refractivity contribution in [3.63, 3.8) is 0 Å². The zero-order chi connectivity index (χ0) is 14.8. The fraction of sp³-hybridized carbons (Fsp3) is 0.417. The first-order valence-electron chi connectivity index (χ1n) is 6.27. The number of rotatable bonds is 2. The molecular weight excluding hydrogens is 280 g/mol. The van der Waals surface area contributed by atoms with Gasteiger partial charge in [-0.2, -0.15) is 12.7 Å². The lowest BCUT2D eigenvalue weighted by molar-refractivity contribution is 0.184. The maximum atomic E-state index is 12.0. The van der Waals surface area contributed by atoms with Gasteiger partial charge in [0, 0.05) is 31.9 Å². The van der Waals surface area contributed by atoms with E-state index >= 15 is 0 Å². The number of hydrogen-bond donors (Lipinski definition) is 2. The van der Waals surface area contributed by atoms with Gasteiger partial charge in [0.15, 0.2) is 0 Å². The molecule has 110 valence electrons. The molecule has 0 bridgehead atoms. The summed E-state index contributed by atoms with van der Waals surface area (Å²) in [5.41, 5.74) is 1.83. The molecule has 0 aromatic heterocycles. The number of benzene rings is 1. The molecule has 1 aliphatic rings. The van der Waals surface area contributed by atoms with Crippen LogP contribution in [-0.4, -0.2) is 49.8 Å². The SMILES string of the molecule is Cc1ccc(NC(=O)N2CCN(S(N)(=O)=O)CC2)cc1. The second kappa shape index (κ2) is 5.78. The van der Waals surface area contributed by atoms with Crippen LogP contribution >= 0.6 is 0 Å². The monoisotopic (exact) mass is 298 g/mol. The standard InChI is InChI=1S/C12H18N4O3S/c1-10-2-4-11(5-3-10)14-12(17)15-6-8-16(9-7-15)20(13,18)19/h2-5H,6-9H2,1H3,(H,14,17)(H2,13,18,19). The molecule has 7 nitrogen and oxygen atoms in total. The summed E-state index contributed by atoms with van der Waals surface area (Å²) in [4.78, 5) is 13.6. The number of carbonyl (C=O) groups excluding carboxylic acids is 1. The van der Waals surface area contributed by atoms with Crippen LogP contribution in [0.2, 0.25) is 0 Å². The Morgan fingerprint density at radius 1 is 1.15 bits per heavy atom. The van der Waals surface area contributed by atoms with Crippen molar-refractivity contribution in [1.29, 1.82) is 0 Å². The Kier molecular flexibility index (Phi) is 4.26. The third-order valence-electron chi connectivity index (χ3n) is 3.19. The minimum Gasteiger partial charge on any atom is -0.322 e. The van der Waals surface area contributed by atoms with Gasteiger partial charge in [0.1, 0.15) is 0 Å². The first-order valence-corrected chi connectivity index (χ1v) is 7.77. The van der Waals surface area contributed by atoms with E-state index in [0.717, 1.165) is 11.3 Å². The fourth-order valence-electron chi connectivity index (χ4n) is 1.99. The largest absolute Gasteiger partial charge is 0.322 e. The third kappa shape index (κ3) is 3.69. The van der Waals surface area contributed by atoms with Crippen LogP contribution in [0.15, 0.2) is 24.3 Å². The molecule has 0 aliphatic carbocycles. The molecule has 1 saturated heterocycles. The van der Waals surface area contributed by atoms with Crippen molar-refractivity contribution in [2.45, 2.75) is 6.92 Å². The van der Waals surface area contributed by atoms with E-state index in [4.69, 9.17) is 5.14 Å². The number of aryl methyl sites for hydroxylation is 1. The predicted octanol–water partition coefficient (Wildman–Crippen LogP) is 0.348. The van der Waals surface area contributed by atoms with Gasteiger partial charge in [-0.25, -0.2) is 9.93 Å². The fourth-order valence-corrected chi connectivity index (χ4v) is 2.66. The van der Waals surface area contributed by atoms with Gasteiger partial charge in [0.05, 0.1) is 0 Å². The minimum atomic E-state index is -3.66. The maximum absolute atomic E-state index is 12.0. The van der Waals surface area contributed by atoms with Crippen molar-refractivity contribution in [2.24, 2.45) is 5.14 Å². The van der Waals surface area contributed by atoms with E-state index in [1.165, 1.54) is 4.31 Å². The van der Waals surface area contributed by atoms with Crippen molar-refractivity contribution >= 4 is 21.9 Å². The number of nitrogens with zero attached hydrogens (tertiary/aromatic N) is 2. The number of piperazine rings is 1. The number of anilines is 1. The lowest BCUT2D eigenvalue weighted by Gasteiger charge is -2.32. The van der Waals surface area contributed by atoms with Gasteiger partial charge >= 0.3 is 6.03 Å². The van der Waals surface area contributed by atoms with Crippen LogP contribution < -0.4 is 10.5 Å². The van der Waals surface area contributed by atoms with Crippen molar-refractivity contribution in [2.75, 3.05) is 31.5 Å². The molecular formula is C12H18N4O3S. The molecule has 0 unspecified atom stereocenters. The molecule has 20 heavy (non-hydrogen) atoms. The first-order chi connectivity index (χ1) is 9.36. The molecule has 1 heterocycles. The second-order valence-corrected chi connectivity index (χ2v) is 6.27. The third-order valence-corrected chi connectivity index (χ3v) is 4.27. The number of nitrogens with one attached hydrogen (secondary N) is 1. The lowest BCUT2D eigenvalue weighted by Crippen LogP contribution is -2.53. The van der Waals surface area contributed by atoms with Gasteiger partial charge in [-0.05, 0) is 19.1 Å². The molecule has 8 heteroatoms. The van der Waals surface area contributed by atoms with Crippen LogP contribution in [0.4, 0.5) is 10.5 Å². The van der Waals surface area contributed by atoms with Crippen molar-refractivity contribution in [1.82, 2.24) is 9.21 Å². The van der Waals surface area contributed by atoms with Crippen LogP contribution in [0.3, 0.4) is 0 Å². The van der Waals surface area contributed by atoms with E-state index in [1.807, 2.05) is 31.2 Å². The van der Waals surface area contributed by atoms with E-state index in [9.17, 15) is 13.2 Å². The second-order valence-electron chi connectivity index (χ2n) is 4.73. The van der Waals surface area contributed by atoms with Gasteiger partial charge < -0.3 is 10.2 Å². The number of carbonyl (C=O) groups is 1. The molecule has 0 atom stereocenters. The normalized spacial score (nSPS) is 17.0. The molecule has 1 aromatic rings. The molecule has 0 radical (unpaired) electrons. The van der Waals surface area contributed by atoms with Crippen LogP contribution in [-0.2, 0) is 10.2 Å². The smallest absolute Gasteiger partial charge is 0.321 e. The molecule has 1 fully saturated rings. The molecule has 0 spiro atoms. The Hall–Kier alpha value is -1.64. The highest BCUT2D eigenvalue weighted by Gasteiger charge is 2.26. The molecule has 1 aliphatic heterocycles. The number of nitrogens with two attached hydrogens (primary N) is 1. The molecule has 0 saturated carbocycles. The predicted molar refractivity (Wildman–Crippen MR) is 76.5 cm³/mol. The van der Waals surface area contributed by atoms with Crippen LogP contribution in [0.5, 0.6) is 0 Å². The molecule has 3 N–H and O–H groups in total. The van der Waals surface area contributed by atoms with Gasteiger partial charge in [-0.3, -0.25) is 0 Å². The van der Waals surface area contributed by atoms with Crippen molar-refractivity contribution in [3.05, 3.63) is 29.8 Å². The Balaban J connectivity index is 1.90. The average Bonchev–Trinajstić information content (AvgIpc) is 2.40. The summed E-state index contributed by atoms with van der Waals surface area (Å²) in [5.74, 6) is 0. The summed E-state index contributed by atoms with van der Waals surface area (Å²) < 4.78 is 23.5. The topological polar surface area (TPSA) is 95.7 Å². The summed E-state index contributed by atoms with van der Waals surface area (Å²) >= 11 is 0. The summed E-state index contributed by atoms with van der Waals surface area (Å²) in [6.45, 7) is 3.07. The number of urea groups is 1. The van der Waals surface area contributed by atoms with E-state index in [0.29, 0.717) is 13.1 Å². The molecule has 2 rings (SSSR count). The summed E-state index contributed by atoms with van der Waals surface area (Å²) in [6.07, 6.45) is 0. The Bertz CT molecular complexity index is 577. The zero-order valence-corrected chi connectivity index (χ0v) is 12.1. The first kappa shape index (κ1) is 14.8. The van der Waals surface area contributed by atoms with Gasteiger partial charge in [-0.1, -0.05) is 17.7 Å². The molecule has 1 aromatic carbocycles. The maximum Gasteiger partial charge on any atom is 0.321 e. The van der Waals surface area contributed by atoms with E-state index in [2.05, 4.69) is 5.32 Å². The Labute approximate surface area is 118 Å². The van der Waals surface area contributed by atoms with Crippen LogP contribution in [0.1, 0.15) is 5.56 Å². The minimum absolute atomic E-state index is 0.222. The van der Waals surface area contributed by atoms with Gasteiger partial charge in [-0.15, -0.1) is 0 Å². The van der Waals surface area contributed by atoms with E-state index < -0.39 is 10.2 Å². The Morgan fingerprint density at radius 2 is 1.70 bits per heavy atom. The lowest BCUT2D eigenvalue weighted by atomic mass is 10.2. The van der Waals surface area contributed by atoms with E-state index in [-0.39, 0.29) is 19.1 Å². The molecule has 2 amide bonds. The number of amides is 2. The highest BCUT2D eigenvalue weighted by atomic mass is 32.2.